The number of para-hydroxylation sites is 3. The van der Waals surface area contributed by atoms with Crippen molar-refractivity contribution in [3.05, 3.63) is 194 Å². The van der Waals surface area contributed by atoms with Crippen LogP contribution in [0.15, 0.2) is 194 Å². The lowest BCUT2D eigenvalue weighted by atomic mass is 10.0. The Morgan fingerprint density at radius 2 is 1.03 bits per heavy atom. The van der Waals surface area contributed by atoms with E-state index in [0.717, 1.165) is 72.3 Å². The van der Waals surface area contributed by atoms with E-state index in [1.807, 2.05) is 36.4 Å². The van der Waals surface area contributed by atoms with Crippen LogP contribution in [0.25, 0.3) is 110 Å². The summed E-state index contributed by atoms with van der Waals surface area (Å²) in [6, 6.07) is 69.3. The van der Waals surface area contributed by atoms with Gasteiger partial charge in [0.15, 0.2) is 0 Å². The molecule has 3 aromatic heterocycles. The number of fused-ring (bicyclic) bond motifs is 9. The van der Waals surface area contributed by atoms with E-state index in [1.54, 1.807) is 0 Å². The number of hydrogen-bond donors (Lipinski definition) is 0. The highest BCUT2D eigenvalue weighted by Gasteiger charge is 2.24. The van der Waals surface area contributed by atoms with Crippen molar-refractivity contribution in [1.82, 2.24) is 19.1 Å². The zero-order valence-corrected chi connectivity index (χ0v) is 31.7. The number of aromatic nitrogens is 4. The van der Waals surface area contributed by atoms with Gasteiger partial charge in [-0.25, -0.2) is 9.97 Å². The average Bonchev–Trinajstić information content (AvgIpc) is 3.81. The van der Waals surface area contributed by atoms with Gasteiger partial charge >= 0.3 is 0 Å². The summed E-state index contributed by atoms with van der Waals surface area (Å²) in [5, 5.41) is 8.14. The van der Waals surface area contributed by atoms with Crippen LogP contribution in [-0.4, -0.2) is 19.1 Å². The Hall–Kier alpha value is -8.02. The third-order valence-electron chi connectivity index (χ3n) is 12.1. The van der Waals surface area contributed by atoms with Crippen LogP contribution >= 0.6 is 0 Å². The number of hydrogen-bond acceptors (Lipinski definition) is 3. The zero-order chi connectivity index (χ0) is 38.6. The number of benzene rings is 9. The van der Waals surface area contributed by atoms with E-state index in [0.29, 0.717) is 5.95 Å². The minimum atomic E-state index is 0.637. The van der Waals surface area contributed by atoms with Crippen LogP contribution in [0.4, 0.5) is 0 Å². The maximum atomic E-state index is 6.30. The van der Waals surface area contributed by atoms with Crippen molar-refractivity contribution in [2.24, 2.45) is 0 Å². The summed E-state index contributed by atoms with van der Waals surface area (Å²) in [5.74, 6) is 2.22. The van der Waals surface area contributed by atoms with Crippen molar-refractivity contribution in [2.45, 2.75) is 0 Å². The standard InChI is InChI=1S/C54H32N4O/c1-2-11-33(12-3-1)35-22-21-34-23-26-39(30-38(34)29-35)57-46-17-7-4-13-40(46)42-27-24-37(32-49(42)57)36-25-28-48-44(31-36)41-14-5-8-18-47(41)58(48)54-55-45-16-10-20-51-52(45)53(56-54)43-15-6-9-19-50(43)59-51/h1-32H. The second-order valence-electron chi connectivity index (χ2n) is 15.4. The quantitative estimate of drug-likeness (QED) is 0.180. The lowest BCUT2D eigenvalue weighted by molar-refractivity contribution is 0.486. The Bertz CT molecular complexity index is 3710. The van der Waals surface area contributed by atoms with Crippen molar-refractivity contribution >= 4 is 65.3 Å². The van der Waals surface area contributed by atoms with E-state index >= 15 is 0 Å². The first-order valence-electron chi connectivity index (χ1n) is 20.0. The van der Waals surface area contributed by atoms with Gasteiger partial charge in [-0.15, -0.1) is 0 Å². The second-order valence-corrected chi connectivity index (χ2v) is 15.4. The highest BCUT2D eigenvalue weighted by molar-refractivity contribution is 6.13. The van der Waals surface area contributed by atoms with E-state index in [1.165, 1.54) is 43.7 Å². The van der Waals surface area contributed by atoms with Gasteiger partial charge in [-0.1, -0.05) is 121 Å². The Morgan fingerprint density at radius 1 is 0.373 bits per heavy atom. The van der Waals surface area contributed by atoms with Gasteiger partial charge in [-0.3, -0.25) is 4.57 Å². The van der Waals surface area contributed by atoms with Gasteiger partial charge in [0, 0.05) is 32.8 Å². The van der Waals surface area contributed by atoms with Crippen molar-refractivity contribution in [2.75, 3.05) is 0 Å². The van der Waals surface area contributed by atoms with Crippen molar-refractivity contribution in [3.63, 3.8) is 0 Å². The molecule has 0 fully saturated rings. The molecule has 0 aliphatic carbocycles. The molecule has 0 radical (unpaired) electrons. The Morgan fingerprint density at radius 3 is 1.93 bits per heavy atom. The maximum absolute atomic E-state index is 6.30. The van der Waals surface area contributed by atoms with Crippen molar-refractivity contribution in [3.8, 4) is 56.6 Å². The summed E-state index contributed by atoms with van der Waals surface area (Å²) in [4.78, 5) is 10.5. The molecule has 0 atom stereocenters. The molecule has 12 aromatic rings. The molecule has 0 saturated heterocycles. The predicted molar refractivity (Wildman–Crippen MR) is 242 cm³/mol. The minimum Gasteiger partial charge on any atom is -0.456 e. The summed E-state index contributed by atoms with van der Waals surface area (Å²) < 4.78 is 10.9. The Labute approximate surface area is 338 Å². The molecule has 0 amide bonds. The molecule has 13 rings (SSSR count). The molecule has 1 aliphatic rings. The predicted octanol–water partition coefficient (Wildman–Crippen LogP) is 14.1. The van der Waals surface area contributed by atoms with E-state index in [4.69, 9.17) is 14.7 Å². The topological polar surface area (TPSA) is 44.9 Å². The fraction of sp³-hybridized carbons (Fsp3) is 0. The largest absolute Gasteiger partial charge is 0.456 e. The van der Waals surface area contributed by atoms with Gasteiger partial charge < -0.3 is 9.30 Å². The highest BCUT2D eigenvalue weighted by atomic mass is 16.5. The summed E-state index contributed by atoms with van der Waals surface area (Å²) in [5.41, 5.74) is 13.1. The van der Waals surface area contributed by atoms with Crippen molar-refractivity contribution < 1.29 is 4.74 Å². The number of ether oxygens (including phenoxy) is 1. The molecular formula is C54H32N4O. The van der Waals surface area contributed by atoms with Gasteiger partial charge in [0.25, 0.3) is 0 Å². The van der Waals surface area contributed by atoms with Crippen LogP contribution in [-0.2, 0) is 0 Å². The first-order chi connectivity index (χ1) is 29.2. The molecule has 0 spiro atoms. The van der Waals surface area contributed by atoms with Gasteiger partial charge in [0.05, 0.1) is 38.7 Å². The summed E-state index contributed by atoms with van der Waals surface area (Å²) >= 11 is 0. The normalized spacial score (nSPS) is 12.2. The fourth-order valence-electron chi connectivity index (χ4n) is 9.37. The van der Waals surface area contributed by atoms with Gasteiger partial charge in [0.1, 0.15) is 11.5 Å². The third kappa shape index (κ3) is 4.79. The first kappa shape index (κ1) is 32.1. The molecule has 1 aliphatic heterocycles. The number of nitrogens with zero attached hydrogens (tertiary/aromatic N) is 4. The molecule has 0 unspecified atom stereocenters. The molecule has 274 valence electrons. The van der Waals surface area contributed by atoms with E-state index < -0.39 is 0 Å². The molecule has 5 nitrogen and oxygen atoms in total. The maximum Gasteiger partial charge on any atom is 0.235 e. The van der Waals surface area contributed by atoms with E-state index in [-0.39, 0.29) is 0 Å². The molecule has 5 heteroatoms. The van der Waals surface area contributed by atoms with Crippen LogP contribution in [0.2, 0.25) is 0 Å². The first-order valence-corrected chi connectivity index (χ1v) is 20.0. The van der Waals surface area contributed by atoms with Crippen LogP contribution in [0.5, 0.6) is 11.5 Å². The van der Waals surface area contributed by atoms with Crippen LogP contribution < -0.4 is 4.74 Å². The minimum absolute atomic E-state index is 0.637. The summed E-state index contributed by atoms with van der Waals surface area (Å²) in [6.07, 6.45) is 0. The molecule has 0 N–H and O–H groups in total. The molecule has 4 heterocycles. The molecule has 0 bridgehead atoms. The third-order valence-corrected chi connectivity index (χ3v) is 12.1. The van der Waals surface area contributed by atoms with Gasteiger partial charge in [-0.05, 0) is 106 Å². The lowest BCUT2D eigenvalue weighted by Crippen LogP contribution is -2.06. The second kappa shape index (κ2) is 12.2. The molecule has 9 aromatic carbocycles. The lowest BCUT2D eigenvalue weighted by Gasteiger charge is -2.20. The highest BCUT2D eigenvalue weighted by Crippen LogP contribution is 2.46. The molecule has 0 saturated carbocycles. The summed E-state index contributed by atoms with van der Waals surface area (Å²) in [6.45, 7) is 0. The Kier molecular flexibility index (Phi) is 6.66. The molecular weight excluding hydrogens is 721 g/mol. The monoisotopic (exact) mass is 752 g/mol. The van der Waals surface area contributed by atoms with Gasteiger partial charge in [-0.2, -0.15) is 0 Å². The smallest absolute Gasteiger partial charge is 0.235 e. The SMILES string of the molecule is c1ccc(-c2ccc3ccc(-n4c5ccccc5c5ccc(-c6ccc7c(c6)c6ccccc6n7-c6nc7c8c(cccc8n6)Oc6ccccc6-7)cc54)cc3c2)cc1. The average molecular weight is 753 g/mol. The Balaban J connectivity index is 0.985. The van der Waals surface area contributed by atoms with Crippen molar-refractivity contribution in [1.29, 1.82) is 0 Å². The van der Waals surface area contributed by atoms with Crippen LogP contribution in [0, 0.1) is 0 Å². The van der Waals surface area contributed by atoms with Gasteiger partial charge in [0.2, 0.25) is 5.95 Å². The summed E-state index contributed by atoms with van der Waals surface area (Å²) in [7, 11) is 0. The number of rotatable bonds is 4. The zero-order valence-electron chi connectivity index (χ0n) is 31.7. The van der Waals surface area contributed by atoms with E-state index in [2.05, 4.69) is 167 Å². The van der Waals surface area contributed by atoms with Crippen LogP contribution in [0.3, 0.4) is 0 Å². The van der Waals surface area contributed by atoms with E-state index in [9.17, 15) is 0 Å². The molecule has 59 heavy (non-hydrogen) atoms. The fourth-order valence-corrected chi connectivity index (χ4v) is 9.37. The van der Waals surface area contributed by atoms with Crippen LogP contribution in [0.1, 0.15) is 0 Å².